The Morgan fingerprint density at radius 3 is 3.00 bits per heavy atom. The fourth-order valence-corrected chi connectivity index (χ4v) is 2.76. The van der Waals surface area contributed by atoms with Gasteiger partial charge in [0.15, 0.2) is 15.3 Å². The highest BCUT2D eigenvalue weighted by Crippen LogP contribution is 2.29. The van der Waals surface area contributed by atoms with Crippen LogP contribution in [0.15, 0.2) is 15.0 Å². The predicted octanol–water partition coefficient (Wildman–Crippen LogP) is 1.64. The maximum Gasteiger partial charge on any atom is 0.343 e. The van der Waals surface area contributed by atoms with Crippen LogP contribution in [0.2, 0.25) is 5.15 Å². The third-order valence-electron chi connectivity index (χ3n) is 1.78. The van der Waals surface area contributed by atoms with Crippen molar-refractivity contribution >= 4 is 35.1 Å². The molecule has 2 heterocycles. The quantitative estimate of drug-likeness (QED) is 0.919. The van der Waals surface area contributed by atoms with Crippen LogP contribution >= 0.6 is 35.1 Å². The third kappa shape index (κ3) is 2.28. The van der Waals surface area contributed by atoms with Gasteiger partial charge in [-0.05, 0) is 18.2 Å². The van der Waals surface area contributed by atoms with Gasteiger partial charge in [0, 0.05) is 6.54 Å². The number of aromatic nitrogens is 5. The van der Waals surface area contributed by atoms with E-state index in [1.165, 1.54) is 11.8 Å². The Morgan fingerprint density at radius 2 is 2.38 bits per heavy atom. The minimum absolute atomic E-state index is 0.219. The lowest BCUT2D eigenvalue weighted by atomic mass is 10.5. The molecule has 0 radical (unpaired) electrons. The summed E-state index contributed by atoms with van der Waals surface area (Å²) < 4.78 is 9.41. The van der Waals surface area contributed by atoms with E-state index in [-0.39, 0.29) is 5.69 Å². The van der Waals surface area contributed by atoms with E-state index in [0.29, 0.717) is 21.9 Å². The molecule has 1 N–H and O–H groups in total. The molecule has 16 heavy (non-hydrogen) atoms. The van der Waals surface area contributed by atoms with Crippen molar-refractivity contribution in [3.8, 4) is 0 Å². The Kier molecular flexibility index (Phi) is 3.62. The Hall–Kier alpha value is -0.860. The van der Waals surface area contributed by atoms with Crippen LogP contribution in [0.3, 0.4) is 0 Å². The lowest BCUT2D eigenvalue weighted by Crippen LogP contribution is -2.17. The monoisotopic (exact) mass is 277 g/mol. The van der Waals surface area contributed by atoms with Crippen molar-refractivity contribution in [1.29, 1.82) is 0 Å². The highest BCUT2D eigenvalue weighted by molar-refractivity contribution is 7.99. The molecule has 0 fully saturated rings. The molecule has 0 bridgehead atoms. The van der Waals surface area contributed by atoms with Crippen molar-refractivity contribution in [1.82, 2.24) is 23.5 Å². The molecule has 0 aliphatic heterocycles. The molecule has 2 rings (SSSR count). The number of H-pyrrole nitrogens is 1. The molecule has 0 atom stereocenters. The molecule has 2 aromatic heterocycles. The maximum atomic E-state index is 11.4. The van der Waals surface area contributed by atoms with Crippen LogP contribution in [0, 0.1) is 0 Å². The molecule has 2 aromatic rings. The topological polar surface area (TPSA) is 76.5 Å². The number of aromatic amines is 1. The predicted molar refractivity (Wildman–Crippen MR) is 62.2 cm³/mol. The summed E-state index contributed by atoms with van der Waals surface area (Å²) in [5.74, 6) is 0. The Balaban J connectivity index is 2.28. The van der Waals surface area contributed by atoms with E-state index in [4.69, 9.17) is 11.6 Å². The summed E-state index contributed by atoms with van der Waals surface area (Å²) >= 11 is 8.08. The van der Waals surface area contributed by atoms with Crippen LogP contribution in [0.4, 0.5) is 0 Å². The second-order valence-corrected chi connectivity index (χ2v) is 4.77. The maximum absolute atomic E-state index is 11.4. The normalized spacial score (nSPS) is 10.9. The number of nitrogens with one attached hydrogen (secondary N) is 1. The second kappa shape index (κ2) is 4.98. The van der Waals surface area contributed by atoms with Gasteiger partial charge in [0.05, 0.1) is 11.7 Å². The standard InChI is InChI=1S/C7H8ClN5OS2/c1-2-3-13-6(14)9-10-7(13)15-5-4(8)11-16-12-5/h2-3H2,1H3,(H,9,14). The third-order valence-corrected chi connectivity index (χ3v) is 3.87. The molecule has 86 valence electrons. The van der Waals surface area contributed by atoms with E-state index in [9.17, 15) is 4.79 Å². The van der Waals surface area contributed by atoms with Gasteiger partial charge in [-0.25, -0.2) is 9.89 Å². The van der Waals surface area contributed by atoms with Crippen LogP contribution in [-0.2, 0) is 6.54 Å². The van der Waals surface area contributed by atoms with Gasteiger partial charge in [-0.15, -0.1) is 5.10 Å². The van der Waals surface area contributed by atoms with Crippen LogP contribution < -0.4 is 5.69 Å². The van der Waals surface area contributed by atoms with Gasteiger partial charge in [0.2, 0.25) is 0 Å². The van der Waals surface area contributed by atoms with Crippen LogP contribution in [-0.4, -0.2) is 23.5 Å². The first-order valence-electron chi connectivity index (χ1n) is 4.53. The minimum atomic E-state index is -0.219. The first-order chi connectivity index (χ1) is 7.72. The molecule has 0 spiro atoms. The van der Waals surface area contributed by atoms with Crippen molar-refractivity contribution in [2.75, 3.05) is 0 Å². The Bertz CT molecular complexity index is 533. The van der Waals surface area contributed by atoms with Crippen LogP contribution in [0.25, 0.3) is 0 Å². The molecule has 0 aliphatic rings. The minimum Gasteiger partial charge on any atom is -0.270 e. The summed E-state index contributed by atoms with van der Waals surface area (Å²) in [7, 11) is 0. The molecule has 9 heteroatoms. The largest absolute Gasteiger partial charge is 0.343 e. The fraction of sp³-hybridized carbons (Fsp3) is 0.429. The summed E-state index contributed by atoms with van der Waals surface area (Å²) in [6, 6.07) is 0. The van der Waals surface area contributed by atoms with E-state index in [2.05, 4.69) is 18.9 Å². The van der Waals surface area contributed by atoms with Gasteiger partial charge in [-0.3, -0.25) is 4.57 Å². The molecule has 0 unspecified atom stereocenters. The van der Waals surface area contributed by atoms with Gasteiger partial charge in [0.25, 0.3) is 0 Å². The zero-order valence-electron chi connectivity index (χ0n) is 8.31. The van der Waals surface area contributed by atoms with Gasteiger partial charge in [-0.2, -0.15) is 8.75 Å². The average molecular weight is 278 g/mol. The highest BCUT2D eigenvalue weighted by Gasteiger charge is 2.13. The average Bonchev–Trinajstić information content (AvgIpc) is 2.80. The summed E-state index contributed by atoms with van der Waals surface area (Å²) in [6.45, 7) is 2.61. The van der Waals surface area contributed by atoms with Gasteiger partial charge < -0.3 is 0 Å². The molecular weight excluding hydrogens is 270 g/mol. The molecule has 0 aromatic carbocycles. The second-order valence-electron chi connectivity index (χ2n) is 2.93. The molecule has 0 saturated carbocycles. The molecule has 0 saturated heterocycles. The van der Waals surface area contributed by atoms with Gasteiger partial charge in [-0.1, -0.05) is 18.5 Å². The summed E-state index contributed by atoms with van der Waals surface area (Å²) in [5, 5.41) is 7.79. The van der Waals surface area contributed by atoms with Gasteiger partial charge in [0.1, 0.15) is 0 Å². The molecule has 6 nitrogen and oxygen atoms in total. The van der Waals surface area contributed by atoms with E-state index in [1.807, 2.05) is 6.92 Å². The first-order valence-corrected chi connectivity index (χ1v) is 6.46. The van der Waals surface area contributed by atoms with E-state index in [1.54, 1.807) is 4.57 Å². The van der Waals surface area contributed by atoms with Crippen LogP contribution in [0.5, 0.6) is 0 Å². The van der Waals surface area contributed by atoms with Crippen molar-refractivity contribution in [3.05, 3.63) is 15.6 Å². The Labute approximate surface area is 104 Å². The van der Waals surface area contributed by atoms with E-state index in [0.717, 1.165) is 18.1 Å². The SMILES string of the molecule is CCCn1c(Sc2nsnc2Cl)n[nH]c1=O. The summed E-state index contributed by atoms with van der Waals surface area (Å²) in [6.07, 6.45) is 0.857. The summed E-state index contributed by atoms with van der Waals surface area (Å²) in [5.41, 5.74) is -0.219. The molecule has 0 aliphatic carbocycles. The number of rotatable bonds is 4. The number of nitrogens with zero attached hydrogens (tertiary/aromatic N) is 4. The van der Waals surface area contributed by atoms with Crippen molar-refractivity contribution in [2.24, 2.45) is 0 Å². The number of hydrogen-bond donors (Lipinski definition) is 1. The molecular formula is C7H8ClN5OS2. The van der Waals surface area contributed by atoms with Crippen molar-refractivity contribution in [3.63, 3.8) is 0 Å². The van der Waals surface area contributed by atoms with E-state index < -0.39 is 0 Å². The van der Waals surface area contributed by atoms with Crippen LogP contribution in [0.1, 0.15) is 13.3 Å². The van der Waals surface area contributed by atoms with Gasteiger partial charge >= 0.3 is 5.69 Å². The zero-order valence-corrected chi connectivity index (χ0v) is 10.7. The summed E-state index contributed by atoms with van der Waals surface area (Å²) in [4.78, 5) is 11.4. The fourth-order valence-electron chi connectivity index (χ4n) is 1.12. The molecule has 0 amide bonds. The Morgan fingerprint density at radius 1 is 1.56 bits per heavy atom. The number of hydrogen-bond acceptors (Lipinski definition) is 6. The highest BCUT2D eigenvalue weighted by atomic mass is 35.5. The van der Waals surface area contributed by atoms with Crippen molar-refractivity contribution < 1.29 is 0 Å². The lowest BCUT2D eigenvalue weighted by Gasteiger charge is -2.00. The zero-order chi connectivity index (χ0) is 11.5. The lowest BCUT2D eigenvalue weighted by molar-refractivity contribution is 0.603. The van der Waals surface area contributed by atoms with E-state index >= 15 is 0 Å². The first kappa shape index (κ1) is 11.6. The smallest absolute Gasteiger partial charge is 0.270 e. The number of halogens is 1. The van der Waals surface area contributed by atoms with Crippen molar-refractivity contribution in [2.45, 2.75) is 30.1 Å².